The fraction of sp³-hybridized carbons (Fsp3) is 0.588. The van der Waals surface area contributed by atoms with E-state index in [1.807, 2.05) is 0 Å². The van der Waals surface area contributed by atoms with E-state index in [1.54, 1.807) is 0 Å². The van der Waals surface area contributed by atoms with Crippen molar-refractivity contribution in [2.24, 2.45) is 5.92 Å². The summed E-state index contributed by atoms with van der Waals surface area (Å²) in [6, 6.07) is 11.2. The Balaban J connectivity index is 1.80. The van der Waals surface area contributed by atoms with Gasteiger partial charge in [0.15, 0.2) is 0 Å². The fourth-order valence-corrected chi connectivity index (χ4v) is 2.58. The van der Waals surface area contributed by atoms with Crippen LogP contribution < -0.4 is 0 Å². The van der Waals surface area contributed by atoms with E-state index in [1.165, 1.54) is 5.56 Å². The number of nitrogens with zero attached hydrogens (tertiary/aromatic N) is 1. The van der Waals surface area contributed by atoms with Gasteiger partial charge in [0.2, 0.25) is 0 Å². The van der Waals surface area contributed by atoms with Gasteiger partial charge < -0.3 is 4.90 Å². The highest BCUT2D eigenvalue weighted by molar-refractivity contribution is 5.83. The first-order valence-electron chi connectivity index (χ1n) is 7.47. The average Bonchev–Trinajstić information content (AvgIpc) is 3.27. The second-order valence-corrected chi connectivity index (χ2v) is 5.72. The minimum atomic E-state index is 0.405. The number of hydrogen-bond donors (Lipinski definition) is 0. The third kappa shape index (κ3) is 4.46. The van der Waals surface area contributed by atoms with Crippen LogP contribution in [0.5, 0.6) is 0 Å². The molecule has 1 atom stereocenters. The van der Waals surface area contributed by atoms with Crippen LogP contribution in [0.15, 0.2) is 30.3 Å². The van der Waals surface area contributed by atoms with E-state index in [4.69, 9.17) is 0 Å². The van der Waals surface area contributed by atoms with Crippen molar-refractivity contribution in [1.82, 2.24) is 4.90 Å². The molecule has 19 heavy (non-hydrogen) atoms. The normalized spacial score (nSPS) is 16.6. The Hall–Kier alpha value is -1.15. The molecule has 2 nitrogen and oxygen atoms in total. The average molecular weight is 259 g/mol. The molecule has 0 aliphatic heterocycles. The molecule has 2 heteroatoms. The van der Waals surface area contributed by atoms with Crippen molar-refractivity contribution in [3.63, 3.8) is 0 Å². The summed E-state index contributed by atoms with van der Waals surface area (Å²) in [5, 5.41) is 0. The van der Waals surface area contributed by atoms with Crippen molar-refractivity contribution in [3.05, 3.63) is 35.9 Å². The second-order valence-electron chi connectivity index (χ2n) is 5.72. The topological polar surface area (TPSA) is 20.3 Å². The molecule has 0 heterocycles. The van der Waals surface area contributed by atoms with Gasteiger partial charge in [-0.1, -0.05) is 37.3 Å². The maximum Gasteiger partial charge on any atom is 0.137 e. The fourth-order valence-electron chi connectivity index (χ4n) is 2.58. The highest BCUT2D eigenvalue weighted by atomic mass is 16.1. The third-order valence-corrected chi connectivity index (χ3v) is 4.15. The molecule has 0 aromatic heterocycles. The summed E-state index contributed by atoms with van der Waals surface area (Å²) in [6.07, 6.45) is 5.19. The van der Waals surface area contributed by atoms with Gasteiger partial charge >= 0.3 is 0 Å². The van der Waals surface area contributed by atoms with Crippen LogP contribution in [0.3, 0.4) is 0 Å². The van der Waals surface area contributed by atoms with Gasteiger partial charge in [-0.15, -0.1) is 0 Å². The number of hydrogen-bond acceptors (Lipinski definition) is 2. The molecular weight excluding hydrogens is 234 g/mol. The Labute approximate surface area is 116 Å². The molecule has 104 valence electrons. The van der Waals surface area contributed by atoms with E-state index in [-0.39, 0.29) is 0 Å². The molecule has 1 saturated carbocycles. The third-order valence-electron chi connectivity index (χ3n) is 4.15. The van der Waals surface area contributed by atoms with Crippen LogP contribution in [0.25, 0.3) is 0 Å². The maximum absolute atomic E-state index is 11.8. The number of benzene rings is 1. The van der Waals surface area contributed by atoms with Crippen molar-refractivity contribution in [2.75, 3.05) is 13.6 Å². The zero-order valence-electron chi connectivity index (χ0n) is 12.1. The predicted octanol–water partition coefficient (Wildman–Crippen LogP) is 3.31. The largest absolute Gasteiger partial charge is 0.303 e. The van der Waals surface area contributed by atoms with Gasteiger partial charge in [-0.05, 0) is 38.3 Å². The monoisotopic (exact) mass is 259 g/mol. The molecule has 1 aromatic carbocycles. The molecule has 0 bridgehead atoms. The first kappa shape index (κ1) is 14.3. The molecule has 2 rings (SSSR count). The number of ketones is 1. The van der Waals surface area contributed by atoms with Gasteiger partial charge in [0, 0.05) is 24.9 Å². The molecule has 0 amide bonds. The van der Waals surface area contributed by atoms with Gasteiger partial charge in [-0.2, -0.15) is 0 Å². The van der Waals surface area contributed by atoms with Crippen LogP contribution in [0.2, 0.25) is 0 Å². The summed E-state index contributed by atoms with van der Waals surface area (Å²) in [5.41, 5.74) is 1.38. The Bertz CT molecular complexity index is 397. The Morgan fingerprint density at radius 3 is 2.58 bits per heavy atom. The van der Waals surface area contributed by atoms with Crippen molar-refractivity contribution in [1.29, 1.82) is 0 Å². The van der Waals surface area contributed by atoms with E-state index in [0.717, 1.165) is 38.6 Å². The molecule has 0 saturated heterocycles. The minimum absolute atomic E-state index is 0.405. The van der Waals surface area contributed by atoms with E-state index >= 15 is 0 Å². The Morgan fingerprint density at radius 2 is 2.00 bits per heavy atom. The molecule has 0 spiro atoms. The molecule has 1 aromatic rings. The first-order valence-corrected chi connectivity index (χ1v) is 7.47. The summed E-state index contributed by atoms with van der Waals surface area (Å²) in [6.45, 7) is 3.13. The Morgan fingerprint density at radius 1 is 1.32 bits per heavy atom. The quantitative estimate of drug-likeness (QED) is 0.714. The van der Waals surface area contributed by atoms with Crippen LogP contribution in [-0.4, -0.2) is 30.3 Å². The predicted molar refractivity (Wildman–Crippen MR) is 79.2 cm³/mol. The molecular formula is C17H25NO. The smallest absolute Gasteiger partial charge is 0.137 e. The summed E-state index contributed by atoms with van der Waals surface area (Å²) < 4.78 is 0. The lowest BCUT2D eigenvalue weighted by atomic mass is 10.0. The molecule has 1 aliphatic rings. The van der Waals surface area contributed by atoms with Crippen LogP contribution in [-0.2, 0) is 11.2 Å². The van der Waals surface area contributed by atoms with Crippen LogP contribution in [0.1, 0.15) is 38.2 Å². The van der Waals surface area contributed by atoms with Crippen LogP contribution in [0, 0.1) is 5.92 Å². The standard InChI is InChI=1S/C17H25NO/c1-3-16(13-14-7-5-4-6-8-14)18(2)12-11-17(19)15-9-10-15/h4-8,15-16H,3,9-13H2,1-2H3/t16-/m0/s1. The molecule has 1 fully saturated rings. The van der Waals surface area contributed by atoms with Crippen molar-refractivity contribution < 1.29 is 4.79 Å². The van der Waals surface area contributed by atoms with Crippen molar-refractivity contribution >= 4 is 5.78 Å². The lowest BCUT2D eigenvalue weighted by molar-refractivity contribution is -0.120. The number of carbonyl (C=O) groups excluding carboxylic acids is 1. The highest BCUT2D eigenvalue weighted by Gasteiger charge is 2.29. The lowest BCUT2D eigenvalue weighted by Gasteiger charge is -2.27. The van der Waals surface area contributed by atoms with Gasteiger partial charge in [-0.25, -0.2) is 0 Å². The van der Waals surface area contributed by atoms with Crippen molar-refractivity contribution in [3.8, 4) is 0 Å². The summed E-state index contributed by atoms with van der Waals surface area (Å²) in [4.78, 5) is 14.1. The van der Waals surface area contributed by atoms with Crippen LogP contribution >= 0.6 is 0 Å². The summed E-state index contributed by atoms with van der Waals surface area (Å²) >= 11 is 0. The zero-order valence-corrected chi connectivity index (χ0v) is 12.1. The number of carbonyl (C=O) groups is 1. The minimum Gasteiger partial charge on any atom is -0.303 e. The zero-order chi connectivity index (χ0) is 13.7. The SMILES string of the molecule is CC[C@@H](Cc1ccccc1)N(C)CCC(=O)C1CC1. The van der Waals surface area contributed by atoms with Crippen LogP contribution in [0.4, 0.5) is 0 Å². The van der Waals surface area contributed by atoms with Gasteiger partial charge in [0.1, 0.15) is 5.78 Å². The molecule has 0 unspecified atom stereocenters. The molecule has 1 aliphatic carbocycles. The highest BCUT2D eigenvalue weighted by Crippen LogP contribution is 2.30. The number of Topliss-reactive ketones (excluding diaryl/α,β-unsaturated/α-hetero) is 1. The van der Waals surface area contributed by atoms with E-state index in [2.05, 4.69) is 49.2 Å². The van der Waals surface area contributed by atoms with Crippen molar-refractivity contribution in [2.45, 2.75) is 45.1 Å². The number of rotatable bonds is 8. The van der Waals surface area contributed by atoms with E-state index in [0.29, 0.717) is 17.7 Å². The summed E-state index contributed by atoms with van der Waals surface area (Å²) in [7, 11) is 2.15. The summed E-state index contributed by atoms with van der Waals surface area (Å²) in [5.74, 6) is 0.879. The van der Waals surface area contributed by atoms with Gasteiger partial charge in [0.25, 0.3) is 0 Å². The lowest BCUT2D eigenvalue weighted by Crippen LogP contribution is -2.34. The molecule has 0 N–H and O–H groups in total. The van der Waals surface area contributed by atoms with E-state index < -0.39 is 0 Å². The van der Waals surface area contributed by atoms with E-state index in [9.17, 15) is 4.79 Å². The molecule has 0 radical (unpaired) electrons. The number of likely N-dealkylation sites (N-methyl/N-ethyl adjacent to an activating group) is 1. The van der Waals surface area contributed by atoms with Gasteiger partial charge in [0.05, 0.1) is 0 Å². The second kappa shape index (κ2) is 6.85. The first-order chi connectivity index (χ1) is 9.20. The maximum atomic E-state index is 11.8. The Kier molecular flexibility index (Phi) is 5.15. The van der Waals surface area contributed by atoms with Gasteiger partial charge in [-0.3, -0.25) is 4.79 Å².